The summed E-state index contributed by atoms with van der Waals surface area (Å²) < 4.78 is 1.80. The Morgan fingerprint density at radius 1 is 1.33 bits per heavy atom. The maximum absolute atomic E-state index is 13.0. The summed E-state index contributed by atoms with van der Waals surface area (Å²) in [5, 5.41) is 7.62. The highest BCUT2D eigenvalue weighted by Gasteiger charge is 2.36. The molecule has 2 heterocycles. The molecular formula is C18H25ClN4O. The molecule has 0 aliphatic carbocycles. The monoisotopic (exact) mass is 348 g/mol. The van der Waals surface area contributed by atoms with Crippen molar-refractivity contribution in [2.75, 3.05) is 19.6 Å². The Bertz CT molecular complexity index is 658. The van der Waals surface area contributed by atoms with Gasteiger partial charge in [-0.1, -0.05) is 30.3 Å². The van der Waals surface area contributed by atoms with Crippen LogP contribution in [0, 0.1) is 5.92 Å². The first-order valence-corrected chi connectivity index (χ1v) is 8.21. The predicted octanol–water partition coefficient (Wildman–Crippen LogP) is 2.19. The quantitative estimate of drug-likeness (QED) is 0.901. The summed E-state index contributed by atoms with van der Waals surface area (Å²) in [6.07, 6.45) is 3.90. The minimum absolute atomic E-state index is 0. The van der Waals surface area contributed by atoms with E-state index in [2.05, 4.69) is 22.5 Å². The van der Waals surface area contributed by atoms with Crippen LogP contribution in [-0.2, 0) is 18.4 Å². The number of rotatable bonds is 5. The molecular weight excluding hydrogens is 324 g/mol. The van der Waals surface area contributed by atoms with Crippen LogP contribution >= 0.6 is 12.4 Å². The lowest BCUT2D eigenvalue weighted by Crippen LogP contribution is -2.38. The molecule has 130 valence electrons. The molecule has 2 atom stereocenters. The third-order valence-electron chi connectivity index (χ3n) is 4.59. The third kappa shape index (κ3) is 3.97. The molecule has 1 aliphatic rings. The van der Waals surface area contributed by atoms with Gasteiger partial charge in [0.2, 0.25) is 5.91 Å². The molecule has 1 N–H and O–H groups in total. The smallest absolute Gasteiger partial charge is 0.227 e. The Morgan fingerprint density at radius 3 is 2.71 bits per heavy atom. The molecule has 1 saturated heterocycles. The number of hydrogen-bond acceptors (Lipinski definition) is 3. The fourth-order valence-electron chi connectivity index (χ4n) is 3.30. The number of carbonyl (C=O) groups excluding carboxylic acids is 1. The van der Waals surface area contributed by atoms with E-state index in [1.54, 1.807) is 4.68 Å². The van der Waals surface area contributed by atoms with Crippen molar-refractivity contribution in [3.05, 3.63) is 53.9 Å². The van der Waals surface area contributed by atoms with E-state index in [-0.39, 0.29) is 30.2 Å². The van der Waals surface area contributed by atoms with Crippen molar-refractivity contribution in [1.82, 2.24) is 20.0 Å². The van der Waals surface area contributed by atoms with Crippen LogP contribution in [0.2, 0.25) is 0 Å². The number of hydrogen-bond donors (Lipinski definition) is 1. The van der Waals surface area contributed by atoms with Gasteiger partial charge >= 0.3 is 0 Å². The maximum atomic E-state index is 13.0. The molecule has 0 spiro atoms. The first kappa shape index (κ1) is 18.5. The van der Waals surface area contributed by atoms with E-state index < -0.39 is 0 Å². The molecule has 24 heavy (non-hydrogen) atoms. The molecule has 1 aromatic carbocycles. The minimum atomic E-state index is -0.0112. The number of amides is 1. The first-order valence-electron chi connectivity index (χ1n) is 8.21. The van der Waals surface area contributed by atoms with E-state index in [0.717, 1.165) is 25.2 Å². The SMILES string of the molecule is CCN(Cc1ccccc1)C(=O)[C@H]1CNC[C@@H]1c1cnn(C)c1.Cl. The van der Waals surface area contributed by atoms with Gasteiger partial charge in [-0.2, -0.15) is 5.10 Å². The second-order valence-electron chi connectivity index (χ2n) is 6.16. The molecule has 3 rings (SSSR count). The van der Waals surface area contributed by atoms with Crippen LogP contribution in [0.4, 0.5) is 0 Å². The fourth-order valence-corrected chi connectivity index (χ4v) is 3.30. The highest BCUT2D eigenvalue weighted by Crippen LogP contribution is 2.29. The number of halogens is 1. The summed E-state index contributed by atoms with van der Waals surface area (Å²) in [6.45, 7) is 5.02. The summed E-state index contributed by atoms with van der Waals surface area (Å²) in [5.74, 6) is 0.430. The molecule has 0 unspecified atom stereocenters. The molecule has 6 heteroatoms. The van der Waals surface area contributed by atoms with Crippen LogP contribution in [0.15, 0.2) is 42.7 Å². The summed E-state index contributed by atoms with van der Waals surface area (Å²) in [6, 6.07) is 10.2. The van der Waals surface area contributed by atoms with E-state index in [4.69, 9.17) is 0 Å². The van der Waals surface area contributed by atoms with Crippen molar-refractivity contribution >= 4 is 18.3 Å². The number of benzene rings is 1. The van der Waals surface area contributed by atoms with Crippen LogP contribution in [0.25, 0.3) is 0 Å². The van der Waals surface area contributed by atoms with Gasteiger partial charge in [-0.15, -0.1) is 12.4 Å². The molecule has 0 radical (unpaired) electrons. The zero-order valence-electron chi connectivity index (χ0n) is 14.2. The van der Waals surface area contributed by atoms with E-state index in [0.29, 0.717) is 6.54 Å². The van der Waals surface area contributed by atoms with Gasteiger partial charge in [-0.25, -0.2) is 0 Å². The second-order valence-corrected chi connectivity index (χ2v) is 6.16. The Kier molecular flexibility index (Phi) is 6.40. The lowest BCUT2D eigenvalue weighted by atomic mass is 9.89. The van der Waals surface area contributed by atoms with Crippen LogP contribution in [0.5, 0.6) is 0 Å². The lowest BCUT2D eigenvalue weighted by Gasteiger charge is -2.26. The number of aromatic nitrogens is 2. The van der Waals surface area contributed by atoms with Crippen molar-refractivity contribution in [2.45, 2.75) is 19.4 Å². The summed E-state index contributed by atoms with van der Waals surface area (Å²) in [5.41, 5.74) is 2.32. The number of carbonyl (C=O) groups is 1. The Balaban J connectivity index is 0.00000208. The molecule has 0 bridgehead atoms. The lowest BCUT2D eigenvalue weighted by molar-refractivity contribution is -0.135. The molecule has 1 aliphatic heterocycles. The standard InChI is InChI=1S/C18H24N4O.ClH/c1-3-22(12-14-7-5-4-6-8-14)18(23)17-11-19-10-16(17)15-9-20-21(2)13-15;/h4-9,13,16-17,19H,3,10-12H2,1-2H3;1H/t16-,17+;/m1./s1. The van der Waals surface area contributed by atoms with Gasteiger partial charge in [0.05, 0.1) is 12.1 Å². The van der Waals surface area contributed by atoms with Gasteiger partial charge in [-0.3, -0.25) is 9.48 Å². The second kappa shape index (κ2) is 8.31. The average molecular weight is 349 g/mol. The average Bonchev–Trinajstić information content (AvgIpc) is 3.21. The number of nitrogens with one attached hydrogen (secondary N) is 1. The molecule has 1 aromatic heterocycles. The zero-order valence-corrected chi connectivity index (χ0v) is 15.0. The fraction of sp³-hybridized carbons (Fsp3) is 0.444. The highest BCUT2D eigenvalue weighted by molar-refractivity contribution is 5.85. The van der Waals surface area contributed by atoms with Gasteiger partial charge in [0.25, 0.3) is 0 Å². The third-order valence-corrected chi connectivity index (χ3v) is 4.59. The van der Waals surface area contributed by atoms with E-state index in [1.807, 2.05) is 49.5 Å². The Hall–Kier alpha value is -1.85. The van der Waals surface area contributed by atoms with Gasteiger partial charge in [0, 0.05) is 45.3 Å². The van der Waals surface area contributed by atoms with Crippen molar-refractivity contribution in [1.29, 1.82) is 0 Å². The Morgan fingerprint density at radius 2 is 2.08 bits per heavy atom. The Labute approximate surface area is 149 Å². The highest BCUT2D eigenvalue weighted by atomic mass is 35.5. The van der Waals surface area contributed by atoms with E-state index >= 15 is 0 Å². The summed E-state index contributed by atoms with van der Waals surface area (Å²) in [7, 11) is 1.91. The van der Waals surface area contributed by atoms with Crippen molar-refractivity contribution in [3.8, 4) is 0 Å². The van der Waals surface area contributed by atoms with Crippen molar-refractivity contribution in [3.63, 3.8) is 0 Å². The number of nitrogens with zero attached hydrogens (tertiary/aromatic N) is 3. The molecule has 1 amide bonds. The summed E-state index contributed by atoms with van der Waals surface area (Å²) >= 11 is 0. The summed E-state index contributed by atoms with van der Waals surface area (Å²) in [4.78, 5) is 15.0. The minimum Gasteiger partial charge on any atom is -0.338 e. The molecule has 0 saturated carbocycles. The number of aryl methyl sites for hydroxylation is 1. The van der Waals surface area contributed by atoms with Crippen molar-refractivity contribution in [2.24, 2.45) is 13.0 Å². The van der Waals surface area contributed by atoms with Crippen LogP contribution in [-0.4, -0.2) is 40.2 Å². The molecule has 2 aromatic rings. The predicted molar refractivity (Wildman–Crippen MR) is 97.1 cm³/mol. The van der Waals surface area contributed by atoms with Crippen LogP contribution < -0.4 is 5.32 Å². The zero-order chi connectivity index (χ0) is 16.2. The van der Waals surface area contributed by atoms with E-state index in [9.17, 15) is 4.79 Å². The maximum Gasteiger partial charge on any atom is 0.227 e. The normalized spacial score (nSPS) is 19.8. The molecule has 5 nitrogen and oxygen atoms in total. The topological polar surface area (TPSA) is 50.2 Å². The van der Waals surface area contributed by atoms with Crippen LogP contribution in [0.3, 0.4) is 0 Å². The van der Waals surface area contributed by atoms with Crippen LogP contribution in [0.1, 0.15) is 24.0 Å². The van der Waals surface area contributed by atoms with Crippen molar-refractivity contribution < 1.29 is 4.79 Å². The van der Waals surface area contributed by atoms with Gasteiger partial charge in [0.15, 0.2) is 0 Å². The van der Waals surface area contributed by atoms with Gasteiger partial charge in [0.1, 0.15) is 0 Å². The first-order chi connectivity index (χ1) is 11.2. The molecule has 1 fully saturated rings. The van der Waals surface area contributed by atoms with E-state index in [1.165, 1.54) is 5.56 Å². The van der Waals surface area contributed by atoms with Gasteiger partial charge in [-0.05, 0) is 18.1 Å². The van der Waals surface area contributed by atoms with Gasteiger partial charge < -0.3 is 10.2 Å². The largest absolute Gasteiger partial charge is 0.338 e.